The van der Waals surface area contributed by atoms with Gasteiger partial charge in [0.25, 0.3) is 0 Å². The van der Waals surface area contributed by atoms with Crippen molar-refractivity contribution in [2.75, 3.05) is 6.26 Å². The maximum absolute atomic E-state index is 12.2. The van der Waals surface area contributed by atoms with Crippen molar-refractivity contribution in [3.8, 4) is 22.5 Å². The average molecular weight is 340 g/mol. The van der Waals surface area contributed by atoms with Crippen molar-refractivity contribution in [3.63, 3.8) is 0 Å². The zero-order chi connectivity index (χ0) is 16.7. The van der Waals surface area contributed by atoms with Crippen LogP contribution in [-0.4, -0.2) is 35.3 Å². The van der Waals surface area contributed by atoms with E-state index in [-0.39, 0.29) is 10.7 Å². The van der Waals surface area contributed by atoms with E-state index in [9.17, 15) is 8.42 Å². The van der Waals surface area contributed by atoms with Crippen LogP contribution in [0.1, 0.15) is 0 Å². The SMILES string of the molecule is CS(=O)(=O)c1cccc(-c2cccc3ccoc23)c1-c1nn[nH]n1. The van der Waals surface area contributed by atoms with Gasteiger partial charge in [0.15, 0.2) is 9.84 Å². The predicted octanol–water partition coefficient (Wildman–Crippen LogP) is 2.68. The summed E-state index contributed by atoms with van der Waals surface area (Å²) >= 11 is 0. The van der Waals surface area contributed by atoms with Gasteiger partial charge >= 0.3 is 0 Å². The third-order valence-electron chi connectivity index (χ3n) is 3.76. The molecule has 2 heterocycles. The lowest BCUT2D eigenvalue weighted by Gasteiger charge is -2.11. The Morgan fingerprint density at radius 3 is 2.58 bits per heavy atom. The topological polar surface area (TPSA) is 102 Å². The summed E-state index contributed by atoms with van der Waals surface area (Å²) in [5, 5.41) is 14.8. The second-order valence-corrected chi connectivity index (χ2v) is 7.31. The summed E-state index contributed by atoms with van der Waals surface area (Å²) in [7, 11) is -3.48. The number of sulfone groups is 1. The Balaban J connectivity index is 2.12. The summed E-state index contributed by atoms with van der Waals surface area (Å²) in [6.45, 7) is 0. The number of tetrazole rings is 1. The standard InChI is InChI=1S/C16H12N4O3S/c1-24(21,22)13-7-3-5-11(14(13)16-17-19-20-18-16)12-6-2-4-10-8-9-23-15(10)12/h2-9H,1H3,(H,17,18,19,20). The van der Waals surface area contributed by atoms with Gasteiger partial charge in [-0.1, -0.05) is 30.3 Å². The Morgan fingerprint density at radius 1 is 1.04 bits per heavy atom. The Labute approximate surface area is 137 Å². The molecular weight excluding hydrogens is 328 g/mol. The van der Waals surface area contributed by atoms with Gasteiger partial charge in [-0.15, -0.1) is 10.2 Å². The number of H-pyrrole nitrogens is 1. The van der Waals surface area contributed by atoms with Gasteiger partial charge in [0.05, 0.1) is 11.2 Å². The lowest BCUT2D eigenvalue weighted by molar-refractivity contribution is 0.602. The zero-order valence-electron chi connectivity index (χ0n) is 12.6. The molecule has 0 aliphatic carbocycles. The van der Waals surface area contributed by atoms with Crippen molar-refractivity contribution in [2.45, 2.75) is 4.90 Å². The number of nitrogens with one attached hydrogen (secondary N) is 1. The summed E-state index contributed by atoms with van der Waals surface area (Å²) in [6.07, 6.45) is 2.76. The zero-order valence-corrected chi connectivity index (χ0v) is 13.4. The quantitative estimate of drug-likeness (QED) is 0.615. The second-order valence-electron chi connectivity index (χ2n) is 5.33. The summed E-state index contributed by atoms with van der Waals surface area (Å²) in [6, 6.07) is 12.6. The predicted molar refractivity (Wildman–Crippen MR) is 87.9 cm³/mol. The van der Waals surface area contributed by atoms with E-state index < -0.39 is 9.84 Å². The highest BCUT2D eigenvalue weighted by atomic mass is 32.2. The summed E-state index contributed by atoms with van der Waals surface area (Å²) in [4.78, 5) is 0.143. The fourth-order valence-electron chi connectivity index (χ4n) is 2.77. The molecule has 1 N–H and O–H groups in total. The van der Waals surface area contributed by atoms with Crippen molar-refractivity contribution in [3.05, 3.63) is 48.7 Å². The van der Waals surface area contributed by atoms with E-state index >= 15 is 0 Å². The first kappa shape index (κ1) is 14.6. The van der Waals surface area contributed by atoms with E-state index in [2.05, 4.69) is 20.6 Å². The molecule has 2 aromatic heterocycles. The summed E-state index contributed by atoms with van der Waals surface area (Å²) in [5.74, 6) is 0.217. The Hall–Kier alpha value is -3.00. The monoisotopic (exact) mass is 340 g/mol. The van der Waals surface area contributed by atoms with Crippen LogP contribution in [0.25, 0.3) is 33.5 Å². The minimum absolute atomic E-state index is 0.143. The third-order valence-corrected chi connectivity index (χ3v) is 4.90. The number of rotatable bonds is 3. The van der Waals surface area contributed by atoms with Gasteiger partial charge in [0, 0.05) is 22.8 Å². The number of furan rings is 1. The van der Waals surface area contributed by atoms with Crippen LogP contribution in [-0.2, 0) is 9.84 Å². The number of para-hydroxylation sites is 1. The smallest absolute Gasteiger partial charge is 0.206 e. The molecule has 4 aromatic rings. The van der Waals surface area contributed by atoms with Crippen molar-refractivity contribution >= 4 is 20.8 Å². The van der Waals surface area contributed by atoms with E-state index in [1.807, 2.05) is 30.3 Å². The highest BCUT2D eigenvalue weighted by molar-refractivity contribution is 7.90. The maximum atomic E-state index is 12.2. The molecule has 7 nitrogen and oxygen atoms in total. The molecule has 0 atom stereocenters. The van der Waals surface area contributed by atoms with E-state index in [1.165, 1.54) is 6.07 Å². The van der Waals surface area contributed by atoms with Crippen LogP contribution in [0.4, 0.5) is 0 Å². The molecule has 0 unspecified atom stereocenters. The lowest BCUT2D eigenvalue weighted by atomic mass is 9.98. The molecule has 0 saturated heterocycles. The third kappa shape index (κ3) is 2.28. The van der Waals surface area contributed by atoms with E-state index in [0.29, 0.717) is 16.7 Å². The van der Waals surface area contributed by atoms with Crippen LogP contribution in [0.3, 0.4) is 0 Å². The number of hydrogen-bond acceptors (Lipinski definition) is 6. The Bertz CT molecular complexity index is 1130. The van der Waals surface area contributed by atoms with E-state index in [1.54, 1.807) is 12.3 Å². The number of hydrogen-bond donors (Lipinski definition) is 1. The molecule has 0 saturated carbocycles. The van der Waals surface area contributed by atoms with Gasteiger partial charge in [-0.05, 0) is 22.9 Å². The molecule has 0 amide bonds. The molecule has 0 aliphatic rings. The van der Waals surface area contributed by atoms with Gasteiger partial charge in [0.2, 0.25) is 5.82 Å². The van der Waals surface area contributed by atoms with Gasteiger partial charge in [-0.25, -0.2) is 8.42 Å². The van der Waals surface area contributed by atoms with Crippen molar-refractivity contribution in [1.29, 1.82) is 0 Å². The molecule has 24 heavy (non-hydrogen) atoms. The molecule has 0 spiro atoms. The van der Waals surface area contributed by atoms with Crippen LogP contribution in [0.2, 0.25) is 0 Å². The first-order chi connectivity index (χ1) is 11.6. The highest BCUT2D eigenvalue weighted by Gasteiger charge is 2.23. The first-order valence-corrected chi connectivity index (χ1v) is 8.98. The molecule has 120 valence electrons. The number of aromatic nitrogens is 4. The summed E-state index contributed by atoms with van der Waals surface area (Å²) in [5.41, 5.74) is 2.51. The Morgan fingerprint density at radius 2 is 1.83 bits per heavy atom. The lowest BCUT2D eigenvalue weighted by Crippen LogP contribution is -2.02. The van der Waals surface area contributed by atoms with Crippen molar-refractivity contribution in [2.24, 2.45) is 0 Å². The molecule has 0 bridgehead atoms. The van der Waals surface area contributed by atoms with Gasteiger partial charge in [-0.2, -0.15) is 5.21 Å². The van der Waals surface area contributed by atoms with Crippen LogP contribution < -0.4 is 0 Å². The van der Waals surface area contributed by atoms with Crippen LogP contribution in [0.5, 0.6) is 0 Å². The molecule has 0 radical (unpaired) electrons. The van der Waals surface area contributed by atoms with Crippen LogP contribution in [0, 0.1) is 0 Å². The molecule has 0 fully saturated rings. The van der Waals surface area contributed by atoms with Gasteiger partial charge in [0.1, 0.15) is 5.58 Å². The van der Waals surface area contributed by atoms with Gasteiger partial charge in [-0.3, -0.25) is 0 Å². The Kier molecular flexibility index (Phi) is 3.20. The molecule has 2 aromatic carbocycles. The number of fused-ring (bicyclic) bond motifs is 1. The van der Waals surface area contributed by atoms with Gasteiger partial charge < -0.3 is 4.42 Å². The number of aromatic amines is 1. The maximum Gasteiger partial charge on any atom is 0.206 e. The molecule has 0 aliphatic heterocycles. The minimum Gasteiger partial charge on any atom is -0.464 e. The second kappa shape index (κ2) is 5.27. The summed E-state index contributed by atoms with van der Waals surface area (Å²) < 4.78 is 30.1. The normalized spacial score (nSPS) is 11.9. The average Bonchev–Trinajstić information content (AvgIpc) is 3.24. The fourth-order valence-corrected chi connectivity index (χ4v) is 3.67. The van der Waals surface area contributed by atoms with Crippen molar-refractivity contribution < 1.29 is 12.8 Å². The molecule has 8 heteroatoms. The van der Waals surface area contributed by atoms with E-state index in [4.69, 9.17) is 4.42 Å². The molecular formula is C16H12N4O3S. The highest BCUT2D eigenvalue weighted by Crippen LogP contribution is 2.38. The number of benzene rings is 2. The number of nitrogens with zero attached hydrogens (tertiary/aromatic N) is 3. The van der Waals surface area contributed by atoms with E-state index in [0.717, 1.165) is 17.2 Å². The van der Waals surface area contributed by atoms with Crippen LogP contribution in [0.15, 0.2) is 58.0 Å². The first-order valence-electron chi connectivity index (χ1n) is 7.09. The minimum atomic E-state index is -3.48. The van der Waals surface area contributed by atoms with Crippen molar-refractivity contribution in [1.82, 2.24) is 20.6 Å². The van der Waals surface area contributed by atoms with Crippen LogP contribution >= 0.6 is 0 Å². The fraction of sp³-hybridized carbons (Fsp3) is 0.0625. The largest absolute Gasteiger partial charge is 0.464 e. The molecule has 4 rings (SSSR count).